The smallest absolute Gasteiger partial charge is 0.167 e. The van der Waals surface area contributed by atoms with Crippen molar-refractivity contribution in [3.63, 3.8) is 0 Å². The van der Waals surface area contributed by atoms with E-state index in [0.717, 1.165) is 18.4 Å². The lowest BCUT2D eigenvalue weighted by Crippen LogP contribution is -2.00. The van der Waals surface area contributed by atoms with Crippen molar-refractivity contribution in [3.8, 4) is 0 Å². The van der Waals surface area contributed by atoms with Gasteiger partial charge in [0.25, 0.3) is 0 Å². The molecule has 0 aliphatic heterocycles. The highest BCUT2D eigenvalue weighted by atomic mass is 19.4. The summed E-state index contributed by atoms with van der Waals surface area (Å²) in [6, 6.07) is 9.75. The highest BCUT2D eigenvalue weighted by Crippen LogP contribution is 2.16. The number of allylic oxidation sites excluding steroid dienone is 2. The second-order valence-corrected chi connectivity index (χ2v) is 3.32. The molecule has 1 aromatic rings. The number of hydrogen-bond acceptors (Lipinski definition) is 0. The Morgan fingerprint density at radius 3 is 2.33 bits per heavy atom. The summed E-state index contributed by atoms with van der Waals surface area (Å²) in [4.78, 5) is 0. The number of hydrogen-bond donors (Lipinski definition) is 0. The molecule has 0 fully saturated rings. The molecule has 0 heterocycles. The van der Waals surface area contributed by atoms with Crippen molar-refractivity contribution < 1.29 is 13.2 Å². The molecule has 0 radical (unpaired) electrons. The van der Waals surface area contributed by atoms with Crippen LogP contribution in [0.25, 0.3) is 0 Å². The third-order valence-corrected chi connectivity index (χ3v) is 1.99. The molecule has 0 saturated heterocycles. The van der Waals surface area contributed by atoms with Gasteiger partial charge in [0.1, 0.15) is 0 Å². The summed E-state index contributed by atoms with van der Waals surface area (Å²) in [7, 11) is 0. The predicted octanol–water partition coefficient (Wildman–Crippen LogP) is 4.13. The molecule has 0 atom stereocenters. The first-order valence-electron chi connectivity index (χ1n) is 4.86. The van der Waals surface area contributed by atoms with Crippen molar-refractivity contribution in [1.82, 2.24) is 0 Å². The lowest BCUT2D eigenvalue weighted by Gasteiger charge is -1.99. The van der Waals surface area contributed by atoms with Gasteiger partial charge in [-0.05, 0) is 24.8 Å². The molecule has 0 spiro atoms. The van der Waals surface area contributed by atoms with E-state index in [1.54, 1.807) is 0 Å². The molecule has 1 rings (SSSR count). The maximum atomic E-state index is 11.7. The van der Waals surface area contributed by atoms with Crippen molar-refractivity contribution in [1.29, 1.82) is 0 Å². The molecule has 1 aromatic carbocycles. The Bertz CT molecular complexity index is 298. The lowest BCUT2D eigenvalue weighted by atomic mass is 10.1. The first-order valence-corrected chi connectivity index (χ1v) is 4.86. The van der Waals surface area contributed by atoms with Crippen LogP contribution in [0, 0.1) is 0 Å². The van der Waals surface area contributed by atoms with Crippen molar-refractivity contribution in [2.24, 2.45) is 0 Å². The molecule has 0 N–H and O–H groups in total. The quantitative estimate of drug-likeness (QED) is 0.522. The monoisotopic (exact) mass is 214 g/mol. The predicted molar refractivity (Wildman–Crippen MR) is 54.6 cm³/mol. The number of unbranched alkanes of at least 4 members (excludes halogenated alkanes) is 1. The van der Waals surface area contributed by atoms with Crippen LogP contribution < -0.4 is 0 Å². The van der Waals surface area contributed by atoms with Crippen LogP contribution in [-0.2, 0) is 6.42 Å². The Morgan fingerprint density at radius 2 is 1.73 bits per heavy atom. The van der Waals surface area contributed by atoms with Crippen molar-refractivity contribution in [2.45, 2.75) is 25.4 Å². The van der Waals surface area contributed by atoms with Gasteiger partial charge in [0.2, 0.25) is 0 Å². The van der Waals surface area contributed by atoms with Gasteiger partial charge in [-0.25, -0.2) is 0 Å². The average molecular weight is 214 g/mol. The molecular weight excluding hydrogens is 201 g/mol. The van der Waals surface area contributed by atoms with E-state index in [1.165, 1.54) is 6.08 Å². The van der Waals surface area contributed by atoms with Crippen LogP contribution in [0.2, 0.25) is 0 Å². The highest BCUT2D eigenvalue weighted by Gasteiger charge is 2.21. The van der Waals surface area contributed by atoms with E-state index in [-0.39, 0.29) is 0 Å². The molecular formula is C12H13F3. The molecule has 3 heteroatoms. The molecule has 0 bridgehead atoms. The van der Waals surface area contributed by atoms with Crippen molar-refractivity contribution in [3.05, 3.63) is 48.0 Å². The fourth-order valence-electron chi connectivity index (χ4n) is 1.29. The SMILES string of the molecule is FC(F)(F)/C=C/CCCc1ccccc1. The van der Waals surface area contributed by atoms with Gasteiger partial charge in [0.15, 0.2) is 0 Å². The summed E-state index contributed by atoms with van der Waals surface area (Å²) in [6.07, 6.45) is -0.651. The van der Waals surface area contributed by atoms with Crippen LogP contribution in [0.15, 0.2) is 42.5 Å². The van der Waals surface area contributed by atoms with Gasteiger partial charge >= 0.3 is 6.18 Å². The van der Waals surface area contributed by atoms with Crippen LogP contribution in [0.4, 0.5) is 13.2 Å². The van der Waals surface area contributed by atoms with Gasteiger partial charge < -0.3 is 0 Å². The minimum Gasteiger partial charge on any atom is -0.167 e. The Labute approximate surface area is 87.4 Å². The topological polar surface area (TPSA) is 0 Å². The largest absolute Gasteiger partial charge is 0.409 e. The van der Waals surface area contributed by atoms with Gasteiger partial charge in [0.05, 0.1) is 0 Å². The standard InChI is InChI=1S/C12H13F3/c13-12(14,15)10-6-2-5-9-11-7-3-1-4-8-11/h1,3-4,6-8,10H,2,5,9H2/b10-6+. The van der Waals surface area contributed by atoms with Crippen molar-refractivity contribution in [2.75, 3.05) is 0 Å². The van der Waals surface area contributed by atoms with Crippen molar-refractivity contribution >= 4 is 0 Å². The summed E-state index contributed by atoms with van der Waals surface area (Å²) < 4.78 is 35.2. The Hall–Kier alpha value is -1.25. The summed E-state index contributed by atoms with van der Waals surface area (Å²) in [5.41, 5.74) is 1.16. The lowest BCUT2D eigenvalue weighted by molar-refractivity contribution is -0.0800. The molecule has 0 amide bonds. The third kappa shape index (κ3) is 5.94. The number of rotatable bonds is 4. The van der Waals surface area contributed by atoms with Gasteiger partial charge in [-0.3, -0.25) is 0 Å². The maximum absolute atomic E-state index is 11.7. The molecule has 82 valence electrons. The van der Waals surface area contributed by atoms with E-state index in [0.29, 0.717) is 12.5 Å². The molecule has 0 saturated carbocycles. The number of alkyl halides is 3. The normalized spacial score (nSPS) is 12.2. The minimum atomic E-state index is -4.17. The zero-order chi connectivity index (χ0) is 11.1. The first kappa shape index (κ1) is 11.8. The second kappa shape index (κ2) is 5.59. The average Bonchev–Trinajstić information content (AvgIpc) is 2.17. The summed E-state index contributed by atoms with van der Waals surface area (Å²) in [5.74, 6) is 0. The van der Waals surface area contributed by atoms with E-state index >= 15 is 0 Å². The molecule has 0 aromatic heterocycles. The number of aryl methyl sites for hydroxylation is 1. The van der Waals surface area contributed by atoms with Crippen LogP contribution in [0.3, 0.4) is 0 Å². The van der Waals surface area contributed by atoms with Crippen LogP contribution >= 0.6 is 0 Å². The molecule has 0 nitrogen and oxygen atoms in total. The zero-order valence-electron chi connectivity index (χ0n) is 8.30. The van der Waals surface area contributed by atoms with E-state index in [4.69, 9.17) is 0 Å². The van der Waals surface area contributed by atoms with Crippen LogP contribution in [0.1, 0.15) is 18.4 Å². The summed E-state index contributed by atoms with van der Waals surface area (Å²) in [5, 5.41) is 0. The Balaban J connectivity index is 2.21. The summed E-state index contributed by atoms with van der Waals surface area (Å²) in [6.45, 7) is 0. The maximum Gasteiger partial charge on any atom is 0.409 e. The molecule has 15 heavy (non-hydrogen) atoms. The third-order valence-electron chi connectivity index (χ3n) is 1.99. The molecule has 0 aliphatic carbocycles. The molecule has 0 aliphatic rings. The van der Waals surface area contributed by atoms with Gasteiger partial charge in [-0.15, -0.1) is 0 Å². The number of benzene rings is 1. The van der Waals surface area contributed by atoms with Gasteiger partial charge in [-0.2, -0.15) is 13.2 Å². The second-order valence-electron chi connectivity index (χ2n) is 3.32. The summed E-state index contributed by atoms with van der Waals surface area (Å²) >= 11 is 0. The van der Waals surface area contributed by atoms with E-state index in [9.17, 15) is 13.2 Å². The highest BCUT2D eigenvalue weighted by molar-refractivity contribution is 5.14. The fourth-order valence-corrected chi connectivity index (χ4v) is 1.29. The Kier molecular flexibility index (Phi) is 4.40. The zero-order valence-corrected chi connectivity index (χ0v) is 8.30. The van der Waals surface area contributed by atoms with Crippen LogP contribution in [0.5, 0.6) is 0 Å². The van der Waals surface area contributed by atoms with E-state index < -0.39 is 6.18 Å². The Morgan fingerprint density at radius 1 is 1.07 bits per heavy atom. The first-order chi connectivity index (χ1) is 7.08. The number of halogens is 3. The van der Waals surface area contributed by atoms with Crippen LogP contribution in [-0.4, -0.2) is 6.18 Å². The molecule has 0 unspecified atom stereocenters. The van der Waals surface area contributed by atoms with Gasteiger partial charge in [0, 0.05) is 6.08 Å². The minimum absolute atomic E-state index is 0.304. The van der Waals surface area contributed by atoms with E-state index in [1.807, 2.05) is 30.3 Å². The van der Waals surface area contributed by atoms with Gasteiger partial charge in [-0.1, -0.05) is 36.4 Å². The van der Waals surface area contributed by atoms with E-state index in [2.05, 4.69) is 0 Å². The fraction of sp³-hybridized carbons (Fsp3) is 0.333.